The Hall–Kier alpha value is 0.910. The third kappa shape index (κ3) is 13.6. The maximum atomic E-state index is 11.0. The molecular weight excluding hydrogens is 271 g/mol. The third-order valence-electron chi connectivity index (χ3n) is 3.40. The Balaban J connectivity index is 0. The van der Waals surface area contributed by atoms with Gasteiger partial charge in [-0.3, -0.25) is 0 Å². The summed E-state index contributed by atoms with van der Waals surface area (Å²) in [5.41, 5.74) is 0. The monoisotopic (exact) mass is 300 g/mol. The van der Waals surface area contributed by atoms with Crippen LogP contribution < -0.4 is 29.6 Å². The van der Waals surface area contributed by atoms with E-state index in [0.29, 0.717) is 12.8 Å². The van der Waals surface area contributed by atoms with Gasteiger partial charge in [-0.1, -0.05) is 71.6 Å². The SMILES string of the molecule is CCCCCCCCCCC(CCC)S(=O)(=O)[O-].[Na+]. The van der Waals surface area contributed by atoms with Crippen LogP contribution in [-0.2, 0) is 10.1 Å². The molecule has 0 aliphatic carbocycles. The molecule has 0 amide bonds. The molecule has 0 aromatic heterocycles. The molecule has 0 heterocycles. The van der Waals surface area contributed by atoms with E-state index in [1.165, 1.54) is 38.5 Å². The second kappa shape index (κ2) is 13.9. The molecule has 0 radical (unpaired) electrons. The molecule has 0 spiro atoms. The van der Waals surface area contributed by atoms with E-state index >= 15 is 0 Å². The fourth-order valence-corrected chi connectivity index (χ4v) is 3.24. The topological polar surface area (TPSA) is 57.2 Å². The zero-order chi connectivity index (χ0) is 13.9. The van der Waals surface area contributed by atoms with Gasteiger partial charge in [-0.05, 0) is 12.8 Å². The summed E-state index contributed by atoms with van der Waals surface area (Å²) in [5, 5.41) is -0.650. The quantitative estimate of drug-likeness (QED) is 0.309. The Bertz CT molecular complexity index is 278. The van der Waals surface area contributed by atoms with Gasteiger partial charge in [0.15, 0.2) is 0 Å². The summed E-state index contributed by atoms with van der Waals surface area (Å²) in [6.07, 6.45) is 11.3. The Morgan fingerprint density at radius 2 is 1.26 bits per heavy atom. The molecule has 110 valence electrons. The maximum Gasteiger partial charge on any atom is 1.00 e. The fourth-order valence-electron chi connectivity index (χ4n) is 2.26. The van der Waals surface area contributed by atoms with Gasteiger partial charge in [0.1, 0.15) is 0 Å². The van der Waals surface area contributed by atoms with Crippen molar-refractivity contribution in [2.45, 2.75) is 89.7 Å². The summed E-state index contributed by atoms with van der Waals surface area (Å²) < 4.78 is 33.0. The van der Waals surface area contributed by atoms with E-state index in [1.54, 1.807) is 0 Å². The smallest absolute Gasteiger partial charge is 0.748 e. The number of hydrogen-bond acceptors (Lipinski definition) is 3. The van der Waals surface area contributed by atoms with Crippen molar-refractivity contribution in [2.75, 3.05) is 0 Å². The molecule has 0 aromatic rings. The number of hydrogen-bond donors (Lipinski definition) is 0. The van der Waals surface area contributed by atoms with E-state index in [-0.39, 0.29) is 29.6 Å². The van der Waals surface area contributed by atoms with Crippen LogP contribution in [0.1, 0.15) is 84.5 Å². The van der Waals surface area contributed by atoms with Gasteiger partial charge in [0, 0.05) is 5.25 Å². The molecule has 0 aliphatic rings. The summed E-state index contributed by atoms with van der Waals surface area (Å²) in [6.45, 7) is 4.13. The van der Waals surface area contributed by atoms with Crippen LogP contribution in [0.15, 0.2) is 0 Å². The summed E-state index contributed by atoms with van der Waals surface area (Å²) >= 11 is 0. The molecule has 0 bridgehead atoms. The molecular formula is C14H29NaO3S. The zero-order valence-electron chi connectivity index (χ0n) is 13.0. The van der Waals surface area contributed by atoms with Gasteiger partial charge in [0.05, 0.1) is 10.1 Å². The summed E-state index contributed by atoms with van der Waals surface area (Å²) in [4.78, 5) is 0. The van der Waals surface area contributed by atoms with Gasteiger partial charge in [0.25, 0.3) is 0 Å². The van der Waals surface area contributed by atoms with Crippen molar-refractivity contribution in [1.82, 2.24) is 0 Å². The molecule has 0 rings (SSSR count). The molecule has 0 aromatic carbocycles. The molecule has 19 heavy (non-hydrogen) atoms. The predicted octanol–water partition coefficient (Wildman–Crippen LogP) is 1.24. The van der Waals surface area contributed by atoms with E-state index in [9.17, 15) is 13.0 Å². The first-order valence-electron chi connectivity index (χ1n) is 7.47. The minimum absolute atomic E-state index is 0. The maximum absolute atomic E-state index is 11.0. The summed E-state index contributed by atoms with van der Waals surface area (Å²) in [6, 6.07) is 0. The van der Waals surface area contributed by atoms with Crippen LogP contribution in [0.3, 0.4) is 0 Å². The second-order valence-corrected chi connectivity index (χ2v) is 6.82. The van der Waals surface area contributed by atoms with Crippen molar-refractivity contribution < 1.29 is 42.5 Å². The van der Waals surface area contributed by atoms with Crippen LogP contribution in [0.25, 0.3) is 0 Å². The minimum atomic E-state index is -4.08. The van der Waals surface area contributed by atoms with Crippen molar-refractivity contribution in [3.8, 4) is 0 Å². The zero-order valence-corrected chi connectivity index (χ0v) is 15.8. The summed E-state index contributed by atoms with van der Waals surface area (Å²) in [5.74, 6) is 0. The standard InChI is InChI=1S/C14H30O3S.Na/c1-3-5-6-7-8-9-10-11-13-14(12-4-2)18(15,16)17;/h14H,3-13H2,1-2H3,(H,15,16,17);/q;+1/p-1. The van der Waals surface area contributed by atoms with Crippen LogP contribution in [0.5, 0.6) is 0 Å². The molecule has 0 N–H and O–H groups in total. The first-order valence-corrected chi connectivity index (χ1v) is 8.94. The molecule has 1 unspecified atom stereocenters. The van der Waals surface area contributed by atoms with E-state index < -0.39 is 15.4 Å². The van der Waals surface area contributed by atoms with Gasteiger partial charge in [0.2, 0.25) is 0 Å². The minimum Gasteiger partial charge on any atom is -0.748 e. The summed E-state index contributed by atoms with van der Waals surface area (Å²) in [7, 11) is -4.08. The molecule has 1 atom stereocenters. The predicted molar refractivity (Wildman–Crippen MR) is 75.6 cm³/mol. The number of rotatable bonds is 12. The van der Waals surface area contributed by atoms with Crippen molar-refractivity contribution in [3.63, 3.8) is 0 Å². The molecule has 0 saturated heterocycles. The van der Waals surface area contributed by atoms with Crippen molar-refractivity contribution >= 4 is 10.1 Å². The molecule has 0 fully saturated rings. The van der Waals surface area contributed by atoms with E-state index in [4.69, 9.17) is 0 Å². The first-order chi connectivity index (χ1) is 8.52. The third-order valence-corrected chi connectivity index (χ3v) is 4.69. The van der Waals surface area contributed by atoms with Gasteiger partial charge in [-0.2, -0.15) is 0 Å². The van der Waals surface area contributed by atoms with Crippen LogP contribution in [0.2, 0.25) is 0 Å². The average molecular weight is 300 g/mol. The average Bonchev–Trinajstić information content (AvgIpc) is 2.30. The van der Waals surface area contributed by atoms with Gasteiger partial charge >= 0.3 is 29.6 Å². The van der Waals surface area contributed by atoms with Crippen LogP contribution in [0.4, 0.5) is 0 Å². The van der Waals surface area contributed by atoms with Crippen LogP contribution >= 0.6 is 0 Å². The molecule has 5 heteroatoms. The van der Waals surface area contributed by atoms with Gasteiger partial charge in [-0.15, -0.1) is 0 Å². The Kier molecular flexibility index (Phi) is 16.2. The molecule has 3 nitrogen and oxygen atoms in total. The van der Waals surface area contributed by atoms with Gasteiger partial charge < -0.3 is 4.55 Å². The molecule has 0 saturated carbocycles. The fraction of sp³-hybridized carbons (Fsp3) is 1.00. The molecule has 0 aliphatic heterocycles. The Morgan fingerprint density at radius 3 is 1.68 bits per heavy atom. The normalized spacial score (nSPS) is 13.0. The first kappa shape index (κ1) is 22.2. The van der Waals surface area contributed by atoms with Crippen molar-refractivity contribution in [3.05, 3.63) is 0 Å². The van der Waals surface area contributed by atoms with Crippen LogP contribution in [-0.4, -0.2) is 18.2 Å². The van der Waals surface area contributed by atoms with E-state index in [0.717, 1.165) is 19.3 Å². The van der Waals surface area contributed by atoms with Crippen molar-refractivity contribution in [1.29, 1.82) is 0 Å². The largest absolute Gasteiger partial charge is 1.00 e. The van der Waals surface area contributed by atoms with Crippen molar-refractivity contribution in [2.24, 2.45) is 0 Å². The Labute approximate surface area is 142 Å². The number of unbranched alkanes of at least 4 members (excludes halogenated alkanes) is 7. The van der Waals surface area contributed by atoms with Gasteiger partial charge in [-0.25, -0.2) is 8.42 Å². The van der Waals surface area contributed by atoms with Crippen LogP contribution in [0, 0.1) is 0 Å². The Morgan fingerprint density at radius 1 is 0.789 bits per heavy atom. The second-order valence-electron chi connectivity index (χ2n) is 5.17. The van der Waals surface area contributed by atoms with E-state index in [2.05, 4.69) is 6.92 Å². The van der Waals surface area contributed by atoms with E-state index in [1.807, 2.05) is 6.92 Å².